The topological polar surface area (TPSA) is 77.0 Å². The van der Waals surface area contributed by atoms with E-state index in [1.807, 2.05) is 22.6 Å². The number of fused-ring (bicyclic) bond motifs is 1. The molecule has 2 atom stereocenters. The second-order valence-electron chi connectivity index (χ2n) is 6.88. The molecule has 8 heteroatoms. The first-order chi connectivity index (χ1) is 10.9. The molecule has 0 radical (unpaired) electrons. The summed E-state index contributed by atoms with van der Waals surface area (Å²) in [6.07, 6.45) is 2.73. The number of rotatable bonds is 3. The monoisotopic (exact) mass is 387 g/mol. The van der Waals surface area contributed by atoms with Crippen molar-refractivity contribution in [1.29, 1.82) is 0 Å². The number of likely N-dealkylation sites (tertiary alicyclic amines) is 1. The van der Waals surface area contributed by atoms with Crippen LogP contribution in [0.4, 0.5) is 0 Å². The van der Waals surface area contributed by atoms with E-state index in [0.29, 0.717) is 18.0 Å². The molecule has 1 fully saturated rings. The average Bonchev–Trinajstić information content (AvgIpc) is 3.08. The van der Waals surface area contributed by atoms with E-state index in [1.165, 1.54) is 0 Å². The fourth-order valence-electron chi connectivity index (χ4n) is 3.45. The van der Waals surface area contributed by atoms with E-state index >= 15 is 0 Å². The van der Waals surface area contributed by atoms with Crippen molar-refractivity contribution in [2.45, 2.75) is 46.2 Å². The summed E-state index contributed by atoms with van der Waals surface area (Å²) in [5, 5.41) is 5.25. The SMILES string of the molecule is Cc1cc(C(=O)N2CC(CN)CC2C)c2cnn(C(C)C)c2n1.Cl.Cl. The number of hydrogen-bond acceptors (Lipinski definition) is 4. The summed E-state index contributed by atoms with van der Waals surface area (Å²) < 4.78 is 1.87. The fourth-order valence-corrected chi connectivity index (χ4v) is 3.45. The highest BCUT2D eigenvalue weighted by atomic mass is 35.5. The summed E-state index contributed by atoms with van der Waals surface area (Å²) in [5.41, 5.74) is 8.11. The molecule has 2 aromatic heterocycles. The number of halogens is 2. The van der Waals surface area contributed by atoms with Gasteiger partial charge in [-0.2, -0.15) is 5.10 Å². The molecule has 1 saturated heterocycles. The van der Waals surface area contributed by atoms with Gasteiger partial charge in [0.05, 0.1) is 17.1 Å². The third-order valence-electron chi connectivity index (χ3n) is 4.67. The third kappa shape index (κ3) is 3.91. The Bertz CT molecular complexity index is 746. The average molecular weight is 388 g/mol. The van der Waals surface area contributed by atoms with Gasteiger partial charge in [0.1, 0.15) is 0 Å². The van der Waals surface area contributed by atoms with Gasteiger partial charge in [-0.3, -0.25) is 4.79 Å². The Kier molecular flexibility index (Phi) is 7.23. The van der Waals surface area contributed by atoms with Crippen molar-refractivity contribution >= 4 is 41.8 Å². The van der Waals surface area contributed by atoms with Crippen LogP contribution < -0.4 is 5.73 Å². The van der Waals surface area contributed by atoms with Crippen LogP contribution in [0.1, 0.15) is 49.3 Å². The molecular formula is C17H27Cl2N5O. The van der Waals surface area contributed by atoms with Gasteiger partial charge in [-0.25, -0.2) is 9.67 Å². The molecule has 0 aromatic carbocycles. The van der Waals surface area contributed by atoms with Gasteiger partial charge in [0.25, 0.3) is 5.91 Å². The van der Waals surface area contributed by atoms with Crippen LogP contribution in [0.3, 0.4) is 0 Å². The normalized spacial score (nSPS) is 19.8. The lowest BCUT2D eigenvalue weighted by atomic mass is 10.1. The minimum atomic E-state index is 0. The molecule has 0 bridgehead atoms. The van der Waals surface area contributed by atoms with Crippen molar-refractivity contribution in [2.24, 2.45) is 11.7 Å². The van der Waals surface area contributed by atoms with Gasteiger partial charge in [-0.05, 0) is 52.6 Å². The van der Waals surface area contributed by atoms with Gasteiger partial charge < -0.3 is 10.6 Å². The van der Waals surface area contributed by atoms with Gasteiger partial charge in [0, 0.05) is 24.3 Å². The molecule has 1 aliphatic rings. The molecule has 140 valence electrons. The van der Waals surface area contributed by atoms with Crippen LogP contribution in [0.2, 0.25) is 0 Å². The molecule has 25 heavy (non-hydrogen) atoms. The fraction of sp³-hybridized carbons (Fsp3) is 0.588. The van der Waals surface area contributed by atoms with Crippen molar-refractivity contribution < 1.29 is 4.79 Å². The van der Waals surface area contributed by atoms with Gasteiger partial charge in [0.15, 0.2) is 5.65 Å². The van der Waals surface area contributed by atoms with Crippen LogP contribution >= 0.6 is 24.8 Å². The van der Waals surface area contributed by atoms with E-state index < -0.39 is 0 Å². The van der Waals surface area contributed by atoms with Crippen LogP contribution in [0, 0.1) is 12.8 Å². The summed E-state index contributed by atoms with van der Waals surface area (Å²) >= 11 is 0. The van der Waals surface area contributed by atoms with Crippen LogP contribution in [-0.2, 0) is 0 Å². The van der Waals surface area contributed by atoms with Crippen molar-refractivity contribution in [3.8, 4) is 0 Å². The number of pyridine rings is 1. The molecular weight excluding hydrogens is 361 g/mol. The number of carbonyl (C=O) groups excluding carboxylic acids is 1. The van der Waals surface area contributed by atoms with Crippen molar-refractivity contribution in [1.82, 2.24) is 19.7 Å². The number of nitrogens with two attached hydrogens (primary N) is 1. The Labute approximate surface area is 161 Å². The maximum atomic E-state index is 13.1. The summed E-state index contributed by atoms with van der Waals surface area (Å²) in [6, 6.07) is 2.30. The first kappa shape index (κ1) is 21.7. The van der Waals surface area contributed by atoms with Crippen LogP contribution in [-0.4, -0.2) is 44.7 Å². The van der Waals surface area contributed by atoms with Gasteiger partial charge >= 0.3 is 0 Å². The van der Waals surface area contributed by atoms with E-state index in [1.54, 1.807) is 6.20 Å². The van der Waals surface area contributed by atoms with Gasteiger partial charge in [0.2, 0.25) is 0 Å². The van der Waals surface area contributed by atoms with E-state index in [0.717, 1.165) is 29.7 Å². The molecule has 6 nitrogen and oxygen atoms in total. The summed E-state index contributed by atoms with van der Waals surface area (Å²) in [4.78, 5) is 19.6. The number of aromatic nitrogens is 3. The predicted molar refractivity (Wildman–Crippen MR) is 105 cm³/mol. The number of hydrogen-bond donors (Lipinski definition) is 1. The Morgan fingerprint density at radius 3 is 2.64 bits per heavy atom. The van der Waals surface area contributed by atoms with E-state index in [-0.39, 0.29) is 42.8 Å². The number of carbonyl (C=O) groups is 1. The maximum Gasteiger partial charge on any atom is 0.254 e. The predicted octanol–water partition coefficient (Wildman–Crippen LogP) is 2.97. The highest BCUT2D eigenvalue weighted by Crippen LogP contribution is 2.27. The molecule has 1 aliphatic heterocycles. The lowest BCUT2D eigenvalue weighted by Gasteiger charge is -2.22. The molecule has 3 rings (SSSR count). The van der Waals surface area contributed by atoms with Crippen molar-refractivity contribution in [3.63, 3.8) is 0 Å². The highest BCUT2D eigenvalue weighted by molar-refractivity contribution is 6.05. The van der Waals surface area contributed by atoms with Crippen molar-refractivity contribution in [2.75, 3.05) is 13.1 Å². The zero-order valence-electron chi connectivity index (χ0n) is 15.1. The van der Waals surface area contributed by atoms with Gasteiger partial charge in [-0.1, -0.05) is 0 Å². The summed E-state index contributed by atoms with van der Waals surface area (Å²) in [6.45, 7) is 9.50. The Morgan fingerprint density at radius 2 is 2.08 bits per heavy atom. The maximum absolute atomic E-state index is 13.1. The number of nitrogens with zero attached hydrogens (tertiary/aromatic N) is 4. The molecule has 0 aliphatic carbocycles. The Hall–Kier alpha value is -1.37. The van der Waals surface area contributed by atoms with Crippen LogP contribution in [0.15, 0.2) is 12.3 Å². The second-order valence-corrected chi connectivity index (χ2v) is 6.88. The quantitative estimate of drug-likeness (QED) is 0.877. The molecule has 0 spiro atoms. The minimum Gasteiger partial charge on any atom is -0.336 e. The first-order valence-corrected chi connectivity index (χ1v) is 8.28. The van der Waals surface area contributed by atoms with Crippen LogP contribution in [0.25, 0.3) is 11.0 Å². The van der Waals surface area contributed by atoms with Crippen LogP contribution in [0.5, 0.6) is 0 Å². The standard InChI is InChI=1S/C17H25N5O.2ClH/c1-10(2)22-16-15(8-19-22)14(5-11(3)20-16)17(23)21-9-13(7-18)6-12(21)4;;/h5,8,10,12-13H,6-7,9,18H2,1-4H3;2*1H. The molecule has 2 aromatic rings. The van der Waals surface area contributed by atoms with E-state index in [4.69, 9.17) is 5.73 Å². The van der Waals surface area contributed by atoms with E-state index in [2.05, 4.69) is 30.9 Å². The number of aryl methyl sites for hydroxylation is 1. The third-order valence-corrected chi connectivity index (χ3v) is 4.67. The Balaban J connectivity index is 0.00000156. The molecule has 0 saturated carbocycles. The zero-order valence-corrected chi connectivity index (χ0v) is 16.7. The largest absolute Gasteiger partial charge is 0.336 e. The summed E-state index contributed by atoms with van der Waals surface area (Å²) in [7, 11) is 0. The molecule has 3 heterocycles. The molecule has 2 unspecified atom stereocenters. The highest BCUT2D eigenvalue weighted by Gasteiger charge is 2.33. The second kappa shape index (κ2) is 8.34. The smallest absolute Gasteiger partial charge is 0.254 e. The molecule has 1 amide bonds. The lowest BCUT2D eigenvalue weighted by molar-refractivity contribution is 0.0745. The summed E-state index contributed by atoms with van der Waals surface area (Å²) in [5.74, 6) is 0.456. The minimum absolute atomic E-state index is 0. The first-order valence-electron chi connectivity index (χ1n) is 8.28. The van der Waals surface area contributed by atoms with E-state index in [9.17, 15) is 4.79 Å². The van der Waals surface area contributed by atoms with Crippen molar-refractivity contribution in [3.05, 3.63) is 23.5 Å². The number of amides is 1. The lowest BCUT2D eigenvalue weighted by Crippen LogP contribution is -2.34. The molecule has 2 N–H and O–H groups in total. The Morgan fingerprint density at radius 1 is 1.40 bits per heavy atom. The zero-order chi connectivity index (χ0) is 16.7. The van der Waals surface area contributed by atoms with Gasteiger partial charge in [-0.15, -0.1) is 24.8 Å².